The summed E-state index contributed by atoms with van der Waals surface area (Å²) in [6.45, 7) is 0. The van der Waals surface area contributed by atoms with E-state index >= 15 is 0 Å². The summed E-state index contributed by atoms with van der Waals surface area (Å²) < 4.78 is 13.9. The van der Waals surface area contributed by atoms with E-state index in [1.54, 1.807) is 25.4 Å². The average Bonchev–Trinajstić information content (AvgIpc) is 2.32. The topological polar surface area (TPSA) is 37.8 Å². The summed E-state index contributed by atoms with van der Waals surface area (Å²) in [6.07, 6.45) is 1.63. The lowest BCUT2D eigenvalue weighted by Gasteiger charge is -2.05. The second kappa shape index (κ2) is 4.57. The van der Waals surface area contributed by atoms with E-state index in [1.165, 1.54) is 12.1 Å². The van der Waals surface area contributed by atoms with E-state index < -0.39 is 0 Å². The van der Waals surface area contributed by atoms with Crippen molar-refractivity contribution in [1.29, 1.82) is 0 Å². The number of hydrogen-bond acceptors (Lipinski definition) is 3. The number of nitrogens with zero attached hydrogens (tertiary/aromatic N) is 2. The number of aromatic nitrogens is 2. The zero-order chi connectivity index (χ0) is 11.5. The number of nitrogens with one attached hydrogen (secondary N) is 1. The maximum Gasteiger partial charge on any atom is 0.162 e. The predicted octanol–water partition coefficient (Wildman–Crippen LogP) is 3.09. The first-order valence-corrected chi connectivity index (χ1v) is 5.46. The Bertz CT molecular complexity index is 516. The van der Waals surface area contributed by atoms with Crippen LogP contribution in [0.3, 0.4) is 0 Å². The summed E-state index contributed by atoms with van der Waals surface area (Å²) in [7, 11) is 1.77. The van der Waals surface area contributed by atoms with Gasteiger partial charge in [-0.1, -0.05) is 15.9 Å². The summed E-state index contributed by atoms with van der Waals surface area (Å²) >= 11 is 3.35. The van der Waals surface area contributed by atoms with Crippen molar-refractivity contribution in [3.05, 3.63) is 40.8 Å². The smallest absolute Gasteiger partial charge is 0.162 e. The Balaban J connectivity index is 2.53. The summed E-state index contributed by atoms with van der Waals surface area (Å²) in [6, 6.07) is 6.17. The highest BCUT2D eigenvalue weighted by atomic mass is 79.9. The van der Waals surface area contributed by atoms with Gasteiger partial charge in [-0.15, -0.1) is 0 Å². The number of halogens is 2. The molecule has 0 spiro atoms. The summed E-state index contributed by atoms with van der Waals surface area (Å²) in [5.74, 6) is 0.871. The lowest BCUT2D eigenvalue weighted by Crippen LogP contribution is -1.96. The van der Waals surface area contributed by atoms with E-state index in [0.29, 0.717) is 17.2 Å². The zero-order valence-corrected chi connectivity index (χ0v) is 10.1. The molecule has 1 heterocycles. The normalized spacial score (nSPS) is 10.2. The van der Waals surface area contributed by atoms with E-state index in [0.717, 1.165) is 4.47 Å². The first kappa shape index (κ1) is 11.0. The molecule has 0 radical (unpaired) electrons. The number of rotatable bonds is 2. The maximum absolute atomic E-state index is 13.1. The van der Waals surface area contributed by atoms with Gasteiger partial charge in [0.25, 0.3) is 0 Å². The van der Waals surface area contributed by atoms with Gasteiger partial charge in [0.05, 0.1) is 0 Å². The third-order valence-corrected chi connectivity index (χ3v) is 2.77. The minimum atomic E-state index is -0.309. The summed E-state index contributed by atoms with van der Waals surface area (Å²) in [4.78, 5) is 8.36. The standard InChI is InChI=1S/C11H9BrFN3/c1-14-10-4-5-15-11(16-10)8-6-7(13)2-3-9(8)12/h2-6H,1H3,(H,14,15,16). The van der Waals surface area contributed by atoms with Gasteiger partial charge in [0.15, 0.2) is 5.82 Å². The third kappa shape index (κ3) is 2.19. The lowest BCUT2D eigenvalue weighted by atomic mass is 10.2. The molecule has 2 aromatic rings. The van der Waals surface area contributed by atoms with Crippen molar-refractivity contribution in [3.8, 4) is 11.4 Å². The van der Waals surface area contributed by atoms with Gasteiger partial charge in [-0.25, -0.2) is 14.4 Å². The molecular formula is C11H9BrFN3. The fraction of sp³-hybridized carbons (Fsp3) is 0.0909. The van der Waals surface area contributed by atoms with Crippen LogP contribution in [0.1, 0.15) is 0 Å². The molecule has 1 aromatic carbocycles. The second-order valence-corrected chi connectivity index (χ2v) is 3.99. The van der Waals surface area contributed by atoms with Crippen LogP contribution < -0.4 is 5.32 Å². The SMILES string of the molecule is CNc1ccnc(-c2cc(F)ccc2Br)n1. The minimum absolute atomic E-state index is 0.309. The van der Waals surface area contributed by atoms with Gasteiger partial charge in [0.1, 0.15) is 11.6 Å². The Morgan fingerprint density at radius 2 is 2.12 bits per heavy atom. The van der Waals surface area contributed by atoms with Crippen molar-refractivity contribution in [2.75, 3.05) is 12.4 Å². The van der Waals surface area contributed by atoms with Gasteiger partial charge in [0.2, 0.25) is 0 Å². The largest absolute Gasteiger partial charge is 0.373 e. The van der Waals surface area contributed by atoms with Gasteiger partial charge in [0, 0.05) is 23.3 Å². The van der Waals surface area contributed by atoms with Crippen LogP contribution in [0.2, 0.25) is 0 Å². The van der Waals surface area contributed by atoms with Crippen LogP contribution in [0.5, 0.6) is 0 Å². The van der Waals surface area contributed by atoms with Crippen molar-refractivity contribution in [3.63, 3.8) is 0 Å². The van der Waals surface area contributed by atoms with Gasteiger partial charge < -0.3 is 5.32 Å². The number of benzene rings is 1. The Morgan fingerprint density at radius 1 is 1.31 bits per heavy atom. The van der Waals surface area contributed by atoms with Crippen LogP contribution in [0, 0.1) is 5.82 Å². The van der Waals surface area contributed by atoms with Crippen molar-refractivity contribution >= 4 is 21.7 Å². The molecule has 0 unspecified atom stereocenters. The molecule has 1 N–H and O–H groups in total. The number of hydrogen-bond donors (Lipinski definition) is 1. The molecule has 16 heavy (non-hydrogen) atoms. The monoisotopic (exact) mass is 281 g/mol. The molecular weight excluding hydrogens is 273 g/mol. The van der Waals surface area contributed by atoms with Crippen molar-refractivity contribution in [1.82, 2.24) is 9.97 Å². The van der Waals surface area contributed by atoms with Gasteiger partial charge >= 0.3 is 0 Å². The highest BCUT2D eigenvalue weighted by Crippen LogP contribution is 2.26. The van der Waals surface area contributed by atoms with Crippen LogP contribution in [0.4, 0.5) is 10.2 Å². The summed E-state index contributed by atoms with van der Waals surface area (Å²) in [5.41, 5.74) is 0.636. The van der Waals surface area contributed by atoms with Crippen LogP contribution in [0.15, 0.2) is 34.9 Å². The molecule has 0 aliphatic heterocycles. The molecule has 82 valence electrons. The molecule has 0 aliphatic rings. The third-order valence-electron chi connectivity index (χ3n) is 2.08. The van der Waals surface area contributed by atoms with E-state index in [1.807, 2.05) is 0 Å². The molecule has 2 rings (SSSR count). The first-order chi connectivity index (χ1) is 7.70. The second-order valence-electron chi connectivity index (χ2n) is 3.14. The molecule has 0 fully saturated rings. The predicted molar refractivity (Wildman–Crippen MR) is 64.7 cm³/mol. The van der Waals surface area contributed by atoms with Gasteiger partial charge in [-0.3, -0.25) is 0 Å². The average molecular weight is 282 g/mol. The van der Waals surface area contributed by atoms with E-state index in [2.05, 4.69) is 31.2 Å². The summed E-state index contributed by atoms with van der Waals surface area (Å²) in [5, 5.41) is 2.91. The molecule has 0 saturated carbocycles. The molecule has 3 nitrogen and oxygen atoms in total. The lowest BCUT2D eigenvalue weighted by molar-refractivity contribution is 0.628. The van der Waals surface area contributed by atoms with E-state index in [-0.39, 0.29) is 5.82 Å². The van der Waals surface area contributed by atoms with Gasteiger partial charge in [-0.2, -0.15) is 0 Å². The van der Waals surface area contributed by atoms with Crippen LogP contribution >= 0.6 is 15.9 Å². The van der Waals surface area contributed by atoms with Crippen molar-refractivity contribution < 1.29 is 4.39 Å². The Kier molecular flexibility index (Phi) is 3.14. The minimum Gasteiger partial charge on any atom is -0.373 e. The fourth-order valence-electron chi connectivity index (χ4n) is 1.30. The highest BCUT2D eigenvalue weighted by Gasteiger charge is 2.07. The van der Waals surface area contributed by atoms with Crippen LogP contribution in [-0.2, 0) is 0 Å². The number of anilines is 1. The van der Waals surface area contributed by atoms with Crippen LogP contribution in [-0.4, -0.2) is 17.0 Å². The fourth-order valence-corrected chi connectivity index (χ4v) is 1.72. The molecule has 0 atom stereocenters. The first-order valence-electron chi connectivity index (χ1n) is 4.67. The molecule has 0 saturated heterocycles. The molecule has 5 heteroatoms. The Morgan fingerprint density at radius 3 is 2.88 bits per heavy atom. The van der Waals surface area contributed by atoms with Crippen molar-refractivity contribution in [2.24, 2.45) is 0 Å². The Labute approximate surface area is 101 Å². The molecule has 0 amide bonds. The molecule has 0 bridgehead atoms. The molecule has 1 aromatic heterocycles. The maximum atomic E-state index is 13.1. The Hall–Kier alpha value is -1.49. The van der Waals surface area contributed by atoms with E-state index in [4.69, 9.17) is 0 Å². The van der Waals surface area contributed by atoms with Crippen molar-refractivity contribution in [2.45, 2.75) is 0 Å². The van der Waals surface area contributed by atoms with E-state index in [9.17, 15) is 4.39 Å². The quantitative estimate of drug-likeness (QED) is 0.919. The molecule has 0 aliphatic carbocycles. The zero-order valence-electron chi connectivity index (χ0n) is 8.54. The van der Waals surface area contributed by atoms with Gasteiger partial charge in [-0.05, 0) is 24.3 Å². The van der Waals surface area contributed by atoms with Crippen LogP contribution in [0.25, 0.3) is 11.4 Å². The highest BCUT2D eigenvalue weighted by molar-refractivity contribution is 9.10.